The fraction of sp³-hybridized carbons (Fsp3) is 0.167. The molecule has 0 amide bonds. The van der Waals surface area contributed by atoms with E-state index >= 15 is 0 Å². The minimum Gasteiger partial charge on any atom is -0.358 e. The summed E-state index contributed by atoms with van der Waals surface area (Å²) in [6.45, 7) is 5.69. The van der Waals surface area contributed by atoms with E-state index in [2.05, 4.69) is 16.5 Å². The number of hydrogen-bond acceptors (Lipinski definition) is 2. The monoisotopic (exact) mass is 231 g/mol. The van der Waals surface area contributed by atoms with Gasteiger partial charge in [-0.2, -0.15) is 5.26 Å². The number of rotatable bonds is 2. The van der Waals surface area contributed by atoms with Gasteiger partial charge in [0.1, 0.15) is 16.9 Å². The van der Waals surface area contributed by atoms with Crippen LogP contribution in [0.2, 0.25) is 5.15 Å². The molecule has 0 unspecified atom stereocenters. The van der Waals surface area contributed by atoms with E-state index in [1.165, 1.54) is 0 Å². The van der Waals surface area contributed by atoms with Gasteiger partial charge in [0.15, 0.2) is 0 Å². The van der Waals surface area contributed by atoms with Crippen molar-refractivity contribution in [3.8, 4) is 6.07 Å². The molecule has 0 bridgehead atoms. The van der Waals surface area contributed by atoms with Gasteiger partial charge in [0.05, 0.1) is 5.52 Å². The summed E-state index contributed by atoms with van der Waals surface area (Å²) in [7, 11) is 0. The zero-order valence-corrected chi connectivity index (χ0v) is 9.60. The highest BCUT2D eigenvalue weighted by atomic mass is 35.5. The van der Waals surface area contributed by atoms with Crippen molar-refractivity contribution in [3.63, 3.8) is 0 Å². The molecule has 80 valence electrons. The predicted octanol–water partition coefficient (Wildman–Crippen LogP) is 3.12. The molecule has 4 heteroatoms. The number of aromatic nitrogens is 2. The van der Waals surface area contributed by atoms with Crippen LogP contribution in [-0.4, -0.2) is 9.97 Å². The van der Waals surface area contributed by atoms with Crippen LogP contribution in [0.4, 0.5) is 0 Å². The van der Waals surface area contributed by atoms with E-state index in [0.29, 0.717) is 10.8 Å². The smallest absolute Gasteiger partial charge is 0.144 e. The first kappa shape index (κ1) is 10.7. The summed E-state index contributed by atoms with van der Waals surface area (Å²) in [4.78, 5) is 7.23. The Morgan fingerprint density at radius 1 is 1.69 bits per heavy atom. The Bertz CT molecular complexity index is 605. The lowest BCUT2D eigenvalue weighted by Crippen LogP contribution is -1.87. The Labute approximate surface area is 98.4 Å². The maximum atomic E-state index is 8.80. The molecule has 2 aromatic rings. The fourth-order valence-corrected chi connectivity index (χ4v) is 2.13. The zero-order valence-electron chi connectivity index (χ0n) is 8.84. The molecule has 0 aliphatic carbocycles. The third-order valence-corrected chi connectivity index (χ3v) is 2.79. The van der Waals surface area contributed by atoms with Crippen molar-refractivity contribution >= 4 is 22.5 Å². The fourth-order valence-electron chi connectivity index (χ4n) is 1.82. The molecule has 0 aliphatic heterocycles. The molecule has 0 saturated carbocycles. The number of allylic oxidation sites excluding steroid dienone is 1. The topological polar surface area (TPSA) is 52.5 Å². The highest BCUT2D eigenvalue weighted by molar-refractivity contribution is 6.34. The molecule has 0 fully saturated rings. The number of nitriles is 1. The highest BCUT2D eigenvalue weighted by Gasteiger charge is 2.12. The second-order valence-corrected chi connectivity index (χ2v) is 3.91. The lowest BCUT2D eigenvalue weighted by atomic mass is 10.1. The van der Waals surface area contributed by atoms with E-state index in [4.69, 9.17) is 16.9 Å². The maximum absolute atomic E-state index is 8.80. The van der Waals surface area contributed by atoms with Crippen molar-refractivity contribution in [2.75, 3.05) is 0 Å². The van der Waals surface area contributed by atoms with Crippen molar-refractivity contribution < 1.29 is 0 Å². The quantitative estimate of drug-likeness (QED) is 0.638. The Balaban J connectivity index is 2.80. The number of nitrogens with one attached hydrogen (secondary N) is 1. The minimum absolute atomic E-state index is 0.323. The summed E-state index contributed by atoms with van der Waals surface area (Å²) in [6, 6.07) is 3.69. The van der Waals surface area contributed by atoms with Gasteiger partial charge in [-0.1, -0.05) is 17.7 Å². The van der Waals surface area contributed by atoms with E-state index in [0.717, 1.165) is 28.6 Å². The molecule has 0 radical (unpaired) electrons. The van der Waals surface area contributed by atoms with Gasteiger partial charge in [-0.15, -0.1) is 6.58 Å². The van der Waals surface area contributed by atoms with Crippen molar-refractivity contribution in [1.29, 1.82) is 5.26 Å². The standard InChI is InChI=1S/C12H10ClN3/c1-3-4-9-7(2)15-10-5-8(6-14)16-12(13)11(9)10/h3,5,15H,1,4H2,2H3. The second kappa shape index (κ2) is 3.99. The van der Waals surface area contributed by atoms with Crippen LogP contribution in [0.3, 0.4) is 0 Å². The van der Waals surface area contributed by atoms with Gasteiger partial charge in [-0.05, 0) is 25.0 Å². The molecular weight excluding hydrogens is 222 g/mol. The third-order valence-electron chi connectivity index (χ3n) is 2.51. The molecule has 1 N–H and O–H groups in total. The number of H-pyrrole nitrogens is 1. The molecule has 2 aromatic heterocycles. The number of hydrogen-bond donors (Lipinski definition) is 1. The lowest BCUT2D eigenvalue weighted by Gasteiger charge is -1.98. The van der Waals surface area contributed by atoms with Gasteiger partial charge in [0.25, 0.3) is 0 Å². The largest absolute Gasteiger partial charge is 0.358 e. The van der Waals surface area contributed by atoms with Gasteiger partial charge in [-0.3, -0.25) is 0 Å². The first-order chi connectivity index (χ1) is 7.67. The Morgan fingerprint density at radius 3 is 3.06 bits per heavy atom. The Morgan fingerprint density at radius 2 is 2.44 bits per heavy atom. The van der Waals surface area contributed by atoms with Crippen LogP contribution in [0.5, 0.6) is 0 Å². The maximum Gasteiger partial charge on any atom is 0.144 e. The van der Waals surface area contributed by atoms with Gasteiger partial charge in [0.2, 0.25) is 0 Å². The predicted molar refractivity (Wildman–Crippen MR) is 64.5 cm³/mol. The number of nitrogens with zero attached hydrogens (tertiary/aromatic N) is 2. The molecular formula is C12H10ClN3. The third kappa shape index (κ3) is 1.58. The molecule has 3 nitrogen and oxygen atoms in total. The summed E-state index contributed by atoms with van der Waals surface area (Å²) in [5.74, 6) is 0. The zero-order chi connectivity index (χ0) is 11.7. The van der Waals surface area contributed by atoms with Gasteiger partial charge in [0, 0.05) is 11.1 Å². The van der Waals surface area contributed by atoms with Crippen LogP contribution in [0.15, 0.2) is 18.7 Å². The summed E-state index contributed by atoms with van der Waals surface area (Å²) in [5, 5.41) is 10.1. The van der Waals surface area contributed by atoms with E-state index in [1.54, 1.807) is 6.07 Å². The number of aromatic amines is 1. The minimum atomic E-state index is 0.323. The van der Waals surface area contributed by atoms with Crippen LogP contribution in [0.25, 0.3) is 10.9 Å². The van der Waals surface area contributed by atoms with E-state index in [9.17, 15) is 0 Å². The lowest BCUT2D eigenvalue weighted by molar-refractivity contribution is 1.19. The Hall–Kier alpha value is -1.79. The molecule has 0 spiro atoms. The Kier molecular flexibility index (Phi) is 2.67. The average molecular weight is 232 g/mol. The molecule has 16 heavy (non-hydrogen) atoms. The van der Waals surface area contributed by atoms with Crippen LogP contribution >= 0.6 is 11.6 Å². The molecule has 2 heterocycles. The first-order valence-corrected chi connectivity index (χ1v) is 5.24. The summed E-state index contributed by atoms with van der Waals surface area (Å²) >= 11 is 6.08. The number of halogens is 1. The average Bonchev–Trinajstić information content (AvgIpc) is 2.56. The van der Waals surface area contributed by atoms with Crippen LogP contribution in [0.1, 0.15) is 17.0 Å². The van der Waals surface area contributed by atoms with Crippen molar-refractivity contribution in [2.24, 2.45) is 0 Å². The van der Waals surface area contributed by atoms with Crippen LogP contribution in [0, 0.1) is 18.3 Å². The summed E-state index contributed by atoms with van der Waals surface area (Å²) < 4.78 is 0. The molecule has 0 saturated heterocycles. The summed E-state index contributed by atoms with van der Waals surface area (Å²) in [5.41, 5.74) is 3.30. The highest BCUT2D eigenvalue weighted by Crippen LogP contribution is 2.28. The van der Waals surface area contributed by atoms with Crippen LogP contribution < -0.4 is 0 Å². The number of fused-ring (bicyclic) bond motifs is 1. The molecule has 0 aromatic carbocycles. The SMILES string of the molecule is C=CCc1c(C)[nH]c2cc(C#N)nc(Cl)c12. The van der Waals surface area contributed by atoms with Crippen molar-refractivity contribution in [2.45, 2.75) is 13.3 Å². The van der Waals surface area contributed by atoms with Crippen molar-refractivity contribution in [1.82, 2.24) is 9.97 Å². The second-order valence-electron chi connectivity index (χ2n) is 3.55. The van der Waals surface area contributed by atoms with Gasteiger partial charge in [-0.25, -0.2) is 4.98 Å². The normalized spacial score (nSPS) is 10.3. The number of aryl methyl sites for hydroxylation is 1. The first-order valence-electron chi connectivity index (χ1n) is 4.86. The number of pyridine rings is 1. The van der Waals surface area contributed by atoms with E-state index in [1.807, 2.05) is 19.1 Å². The van der Waals surface area contributed by atoms with Gasteiger partial charge < -0.3 is 4.98 Å². The molecule has 0 atom stereocenters. The van der Waals surface area contributed by atoms with Gasteiger partial charge >= 0.3 is 0 Å². The van der Waals surface area contributed by atoms with E-state index < -0.39 is 0 Å². The summed E-state index contributed by atoms with van der Waals surface area (Å²) in [6.07, 6.45) is 2.56. The van der Waals surface area contributed by atoms with Crippen LogP contribution in [-0.2, 0) is 6.42 Å². The van der Waals surface area contributed by atoms with E-state index in [-0.39, 0.29) is 0 Å². The van der Waals surface area contributed by atoms with Crippen molar-refractivity contribution in [3.05, 3.63) is 40.8 Å². The molecule has 0 aliphatic rings. The molecule has 2 rings (SSSR count).